The van der Waals surface area contributed by atoms with E-state index in [1.807, 2.05) is 4.90 Å². The molecule has 2 aliphatic rings. The molecule has 0 saturated carbocycles. The van der Waals surface area contributed by atoms with Gasteiger partial charge in [0.25, 0.3) is 0 Å². The molecule has 2 aliphatic heterocycles. The fraction of sp³-hybridized carbons (Fsp3) is 0.818. The quantitative estimate of drug-likeness (QED) is 0.905. The second kappa shape index (κ2) is 4.59. The number of hydrogen-bond donors (Lipinski definition) is 1. The van der Waals surface area contributed by atoms with Crippen LogP contribution in [0.15, 0.2) is 0 Å². The maximum Gasteiger partial charge on any atom is 0.452 e. The summed E-state index contributed by atoms with van der Waals surface area (Å²) in [6.45, 7) is 4.75. The third kappa shape index (κ3) is 2.20. The van der Waals surface area contributed by atoms with Crippen molar-refractivity contribution in [1.29, 1.82) is 0 Å². The zero-order valence-electron chi connectivity index (χ0n) is 10.4. The highest BCUT2D eigenvalue weighted by atomic mass is 32.1. The van der Waals surface area contributed by atoms with Gasteiger partial charge >= 0.3 is 6.18 Å². The van der Waals surface area contributed by atoms with Crippen molar-refractivity contribution in [2.75, 3.05) is 24.5 Å². The van der Waals surface area contributed by atoms with Gasteiger partial charge in [0.2, 0.25) is 11.0 Å². The molecule has 1 aromatic heterocycles. The number of nitrogens with one attached hydrogen (secondary N) is 1. The number of alkyl halides is 3. The first-order valence-corrected chi connectivity index (χ1v) is 7.16. The van der Waals surface area contributed by atoms with Crippen molar-refractivity contribution in [3.05, 3.63) is 5.82 Å². The van der Waals surface area contributed by atoms with Gasteiger partial charge in [-0.1, -0.05) is 6.92 Å². The summed E-state index contributed by atoms with van der Waals surface area (Å²) in [7, 11) is 0. The van der Waals surface area contributed by atoms with Gasteiger partial charge in [0.15, 0.2) is 0 Å². The Hall–Kier alpha value is -0.890. The van der Waals surface area contributed by atoms with Crippen LogP contribution in [0, 0.1) is 11.8 Å². The Morgan fingerprint density at radius 3 is 2.84 bits per heavy atom. The standard InChI is InChI=1S/C11H15F3N4S/c1-2-8-7-4-15-3-6(7)5-18(8)10-16-9(17-19-10)11(12,13)14/h6-8,15H,2-5H2,1H3. The fourth-order valence-electron chi connectivity index (χ4n) is 3.21. The third-order valence-electron chi connectivity index (χ3n) is 4.05. The average molecular weight is 292 g/mol. The monoisotopic (exact) mass is 292 g/mol. The highest BCUT2D eigenvalue weighted by Crippen LogP contribution is 2.39. The Morgan fingerprint density at radius 2 is 2.21 bits per heavy atom. The van der Waals surface area contributed by atoms with Crippen LogP contribution in [0.3, 0.4) is 0 Å². The van der Waals surface area contributed by atoms with Crippen LogP contribution in [-0.4, -0.2) is 35.0 Å². The van der Waals surface area contributed by atoms with E-state index in [1.165, 1.54) is 0 Å². The van der Waals surface area contributed by atoms with Crippen LogP contribution >= 0.6 is 11.5 Å². The lowest BCUT2D eigenvalue weighted by Crippen LogP contribution is -2.35. The summed E-state index contributed by atoms with van der Waals surface area (Å²) in [6.07, 6.45) is -3.53. The summed E-state index contributed by atoms with van der Waals surface area (Å²) < 4.78 is 41.1. The lowest BCUT2D eigenvalue weighted by Gasteiger charge is -2.25. The molecule has 0 spiro atoms. The number of aromatic nitrogens is 2. The predicted molar refractivity (Wildman–Crippen MR) is 66.2 cm³/mol. The van der Waals surface area contributed by atoms with Crippen molar-refractivity contribution < 1.29 is 13.2 Å². The third-order valence-corrected chi connectivity index (χ3v) is 4.80. The molecule has 2 fully saturated rings. The van der Waals surface area contributed by atoms with Crippen LogP contribution in [0.25, 0.3) is 0 Å². The van der Waals surface area contributed by atoms with Crippen LogP contribution in [0.4, 0.5) is 18.3 Å². The van der Waals surface area contributed by atoms with Gasteiger partial charge in [-0.2, -0.15) is 22.5 Å². The molecule has 8 heteroatoms. The van der Waals surface area contributed by atoms with E-state index in [0.717, 1.165) is 37.6 Å². The molecule has 106 valence electrons. The maximum atomic E-state index is 12.6. The predicted octanol–water partition coefficient (Wildman–Crippen LogP) is 1.99. The molecular weight excluding hydrogens is 277 g/mol. The number of halogens is 3. The van der Waals surface area contributed by atoms with Crippen molar-refractivity contribution in [3.63, 3.8) is 0 Å². The zero-order chi connectivity index (χ0) is 13.6. The molecule has 0 bridgehead atoms. The van der Waals surface area contributed by atoms with Gasteiger partial charge in [0.05, 0.1) is 0 Å². The fourth-order valence-corrected chi connectivity index (χ4v) is 3.97. The minimum atomic E-state index is -4.45. The second-order valence-electron chi connectivity index (χ2n) is 5.11. The van der Waals surface area contributed by atoms with Gasteiger partial charge in [-0.25, -0.2) is 0 Å². The molecule has 1 aromatic rings. The summed E-state index contributed by atoms with van der Waals surface area (Å²) >= 11 is 0.856. The van der Waals surface area contributed by atoms with Crippen LogP contribution < -0.4 is 10.2 Å². The maximum absolute atomic E-state index is 12.6. The summed E-state index contributed by atoms with van der Waals surface area (Å²) in [5.41, 5.74) is 0. The van der Waals surface area contributed by atoms with Gasteiger partial charge < -0.3 is 10.2 Å². The van der Waals surface area contributed by atoms with Gasteiger partial charge in [-0.3, -0.25) is 0 Å². The van der Waals surface area contributed by atoms with Crippen molar-refractivity contribution in [3.8, 4) is 0 Å². The van der Waals surface area contributed by atoms with Crippen LogP contribution in [0.5, 0.6) is 0 Å². The molecule has 19 heavy (non-hydrogen) atoms. The SMILES string of the molecule is CCC1C2CNCC2CN1c1nc(C(F)(F)F)ns1. The van der Waals surface area contributed by atoms with E-state index in [2.05, 4.69) is 21.6 Å². The summed E-state index contributed by atoms with van der Waals surface area (Å²) in [5.74, 6) is 0.0176. The molecule has 4 nitrogen and oxygen atoms in total. The molecular formula is C11H15F3N4S. The Bertz CT molecular complexity index is 461. The largest absolute Gasteiger partial charge is 0.452 e. The second-order valence-corrected chi connectivity index (χ2v) is 5.84. The molecule has 3 heterocycles. The van der Waals surface area contributed by atoms with E-state index in [0.29, 0.717) is 17.0 Å². The van der Waals surface area contributed by atoms with Crippen molar-refractivity contribution in [1.82, 2.24) is 14.7 Å². The first-order valence-electron chi connectivity index (χ1n) is 6.39. The Morgan fingerprint density at radius 1 is 1.42 bits per heavy atom. The van der Waals surface area contributed by atoms with E-state index in [4.69, 9.17) is 0 Å². The van der Waals surface area contributed by atoms with Crippen LogP contribution in [0.2, 0.25) is 0 Å². The first kappa shape index (κ1) is 13.1. The zero-order valence-corrected chi connectivity index (χ0v) is 11.3. The number of hydrogen-bond acceptors (Lipinski definition) is 5. The van der Waals surface area contributed by atoms with E-state index in [1.54, 1.807) is 0 Å². The Kier molecular flexibility index (Phi) is 3.17. The molecule has 0 amide bonds. The lowest BCUT2D eigenvalue weighted by molar-refractivity contribution is -0.144. The number of anilines is 1. The highest BCUT2D eigenvalue weighted by molar-refractivity contribution is 7.09. The minimum Gasteiger partial charge on any atom is -0.343 e. The van der Waals surface area contributed by atoms with Crippen molar-refractivity contribution >= 4 is 16.7 Å². The van der Waals surface area contributed by atoms with E-state index >= 15 is 0 Å². The van der Waals surface area contributed by atoms with Gasteiger partial charge in [-0.05, 0) is 18.3 Å². The molecule has 3 rings (SSSR count). The van der Waals surface area contributed by atoms with Gasteiger partial charge in [0.1, 0.15) is 0 Å². The van der Waals surface area contributed by atoms with Gasteiger partial charge in [-0.15, -0.1) is 0 Å². The topological polar surface area (TPSA) is 41.0 Å². The average Bonchev–Trinajstić information content (AvgIpc) is 3.01. The van der Waals surface area contributed by atoms with E-state index in [9.17, 15) is 13.2 Å². The number of fused-ring (bicyclic) bond motifs is 1. The summed E-state index contributed by atoms with van der Waals surface area (Å²) in [6, 6.07) is 0.272. The number of rotatable bonds is 2. The van der Waals surface area contributed by atoms with Crippen molar-refractivity contribution in [2.45, 2.75) is 25.6 Å². The molecule has 0 radical (unpaired) electrons. The molecule has 3 unspecified atom stereocenters. The molecule has 3 atom stereocenters. The molecule has 1 N–H and O–H groups in total. The van der Waals surface area contributed by atoms with E-state index < -0.39 is 12.0 Å². The van der Waals surface area contributed by atoms with Crippen LogP contribution in [-0.2, 0) is 6.18 Å². The smallest absolute Gasteiger partial charge is 0.343 e. The normalized spacial score (nSPS) is 30.9. The summed E-state index contributed by atoms with van der Waals surface area (Å²) in [4.78, 5) is 5.69. The summed E-state index contributed by atoms with van der Waals surface area (Å²) in [5, 5.41) is 3.76. The van der Waals surface area contributed by atoms with E-state index in [-0.39, 0.29) is 6.04 Å². The Labute approximate surface area is 113 Å². The minimum absolute atomic E-state index is 0.272. The molecule has 0 aliphatic carbocycles. The van der Waals surface area contributed by atoms with Crippen molar-refractivity contribution in [2.24, 2.45) is 11.8 Å². The number of nitrogens with zero attached hydrogens (tertiary/aromatic N) is 3. The highest BCUT2D eigenvalue weighted by Gasteiger charge is 2.45. The molecule has 0 aromatic carbocycles. The Balaban J connectivity index is 1.84. The van der Waals surface area contributed by atoms with Gasteiger partial charge in [0, 0.05) is 37.2 Å². The first-order chi connectivity index (χ1) is 9.00. The van der Waals surface area contributed by atoms with Crippen LogP contribution in [0.1, 0.15) is 19.2 Å². The lowest BCUT2D eigenvalue weighted by atomic mass is 9.93. The molecule has 2 saturated heterocycles.